The van der Waals surface area contributed by atoms with E-state index in [0.29, 0.717) is 0 Å². The van der Waals surface area contributed by atoms with Crippen LogP contribution in [0.4, 0.5) is 17.1 Å². The molecule has 1 aromatic heterocycles. The average molecular weight is 764 g/mol. The molecule has 0 fully saturated rings. The second kappa shape index (κ2) is 13.9. The average Bonchev–Trinajstić information content (AvgIpc) is 3.69. The number of anilines is 3. The third-order valence-corrected chi connectivity index (χ3v) is 12.2. The van der Waals surface area contributed by atoms with Crippen LogP contribution in [0.3, 0.4) is 0 Å². The van der Waals surface area contributed by atoms with Crippen molar-refractivity contribution in [3.63, 3.8) is 0 Å². The molecule has 0 atom stereocenters. The number of nitrogens with zero attached hydrogens (tertiary/aromatic N) is 1. The molecule has 0 aliphatic carbocycles. The maximum Gasteiger partial charge on any atom is 0.137 e. The van der Waals surface area contributed by atoms with Crippen LogP contribution in [-0.2, 0) is 0 Å². The van der Waals surface area contributed by atoms with Crippen molar-refractivity contribution in [2.45, 2.75) is 0 Å². The molecular weight excluding hydrogens is 727 g/mol. The van der Waals surface area contributed by atoms with Gasteiger partial charge in [-0.15, -0.1) is 0 Å². The van der Waals surface area contributed by atoms with Crippen LogP contribution in [-0.4, -0.2) is 0 Å². The topological polar surface area (TPSA) is 16.4 Å². The van der Waals surface area contributed by atoms with Gasteiger partial charge in [-0.25, -0.2) is 0 Å². The second-order valence-corrected chi connectivity index (χ2v) is 15.7. The number of rotatable bonds is 6. The van der Waals surface area contributed by atoms with E-state index in [1.54, 1.807) is 0 Å². The van der Waals surface area contributed by atoms with E-state index in [-0.39, 0.29) is 0 Å². The highest BCUT2D eigenvalue weighted by Gasteiger charge is 2.22. The number of hydrogen-bond acceptors (Lipinski definition) is 2. The zero-order valence-corrected chi connectivity index (χ0v) is 32.7. The summed E-state index contributed by atoms with van der Waals surface area (Å²) in [7, 11) is 0. The largest absolute Gasteiger partial charge is 0.456 e. The summed E-state index contributed by atoms with van der Waals surface area (Å²) in [6.07, 6.45) is 0. The van der Waals surface area contributed by atoms with E-state index >= 15 is 0 Å². The van der Waals surface area contributed by atoms with Gasteiger partial charge in [0.2, 0.25) is 0 Å². The summed E-state index contributed by atoms with van der Waals surface area (Å²) < 4.78 is 6.67. The fraction of sp³-hybridized carbons (Fsp3) is 0. The van der Waals surface area contributed by atoms with Gasteiger partial charge in [0.25, 0.3) is 0 Å². The Kier molecular flexibility index (Phi) is 7.89. The van der Waals surface area contributed by atoms with Crippen LogP contribution < -0.4 is 4.90 Å². The first-order valence-corrected chi connectivity index (χ1v) is 20.6. The van der Waals surface area contributed by atoms with Gasteiger partial charge in [-0.1, -0.05) is 170 Å². The third-order valence-electron chi connectivity index (χ3n) is 12.2. The number of hydrogen-bond donors (Lipinski definition) is 0. The maximum absolute atomic E-state index is 6.67. The predicted molar refractivity (Wildman–Crippen MR) is 255 cm³/mol. The Labute approximate surface area is 347 Å². The van der Waals surface area contributed by atoms with E-state index in [1.807, 2.05) is 0 Å². The van der Waals surface area contributed by atoms with Gasteiger partial charge in [0, 0.05) is 16.8 Å². The number of furan rings is 1. The molecule has 0 spiro atoms. The highest BCUT2D eigenvalue weighted by molar-refractivity contribution is 6.19. The van der Waals surface area contributed by atoms with Crippen LogP contribution in [0.15, 0.2) is 229 Å². The van der Waals surface area contributed by atoms with Gasteiger partial charge in [-0.3, -0.25) is 0 Å². The van der Waals surface area contributed by atoms with Crippen LogP contribution in [0, 0.1) is 0 Å². The quantitative estimate of drug-likeness (QED) is 0.157. The van der Waals surface area contributed by atoms with Gasteiger partial charge in [-0.2, -0.15) is 0 Å². The number of fused-ring (bicyclic) bond motifs is 8. The van der Waals surface area contributed by atoms with E-state index in [0.717, 1.165) is 44.4 Å². The van der Waals surface area contributed by atoms with Gasteiger partial charge in [0.1, 0.15) is 11.2 Å². The van der Waals surface area contributed by atoms with Crippen molar-refractivity contribution in [3.8, 4) is 33.4 Å². The summed E-state index contributed by atoms with van der Waals surface area (Å²) in [4.78, 5) is 2.42. The van der Waals surface area contributed by atoms with Crippen molar-refractivity contribution >= 4 is 82.1 Å². The van der Waals surface area contributed by atoms with Gasteiger partial charge >= 0.3 is 0 Å². The van der Waals surface area contributed by atoms with Gasteiger partial charge in [0.05, 0.1) is 11.1 Å². The fourth-order valence-electron chi connectivity index (χ4n) is 9.32. The van der Waals surface area contributed by atoms with Gasteiger partial charge in [0.15, 0.2) is 0 Å². The Balaban J connectivity index is 1.09. The smallest absolute Gasteiger partial charge is 0.137 e. The Morgan fingerprint density at radius 3 is 1.53 bits per heavy atom. The molecule has 0 saturated heterocycles. The summed E-state index contributed by atoms with van der Waals surface area (Å²) in [5.41, 5.74) is 12.1. The Bertz CT molecular complexity index is 3580. The summed E-state index contributed by atoms with van der Waals surface area (Å²) in [5.74, 6) is 0. The lowest BCUT2D eigenvalue weighted by Crippen LogP contribution is -2.10. The minimum atomic E-state index is 0.861. The first-order chi connectivity index (χ1) is 29.7. The summed E-state index contributed by atoms with van der Waals surface area (Å²) >= 11 is 0. The van der Waals surface area contributed by atoms with Crippen molar-refractivity contribution < 1.29 is 4.42 Å². The highest BCUT2D eigenvalue weighted by Crippen LogP contribution is 2.47. The van der Waals surface area contributed by atoms with Crippen LogP contribution in [0.2, 0.25) is 0 Å². The molecule has 60 heavy (non-hydrogen) atoms. The lowest BCUT2D eigenvalue weighted by molar-refractivity contribution is 0.669. The zero-order chi connectivity index (χ0) is 39.6. The fourth-order valence-corrected chi connectivity index (χ4v) is 9.32. The van der Waals surface area contributed by atoms with Gasteiger partial charge < -0.3 is 9.32 Å². The molecule has 0 aliphatic rings. The van der Waals surface area contributed by atoms with Crippen molar-refractivity contribution in [1.29, 1.82) is 0 Å². The van der Waals surface area contributed by atoms with Crippen LogP contribution >= 0.6 is 0 Å². The van der Waals surface area contributed by atoms with Crippen LogP contribution in [0.1, 0.15) is 0 Å². The molecule has 11 aromatic carbocycles. The molecule has 12 rings (SSSR count). The van der Waals surface area contributed by atoms with Gasteiger partial charge in [-0.05, 0) is 131 Å². The molecule has 0 aliphatic heterocycles. The van der Waals surface area contributed by atoms with Crippen molar-refractivity contribution in [2.24, 2.45) is 0 Å². The predicted octanol–water partition coefficient (Wildman–Crippen LogP) is 16.7. The molecule has 12 aromatic rings. The Morgan fingerprint density at radius 2 is 0.817 bits per heavy atom. The Morgan fingerprint density at radius 1 is 0.283 bits per heavy atom. The molecule has 1 heterocycles. The molecule has 0 N–H and O–H groups in total. The molecule has 0 radical (unpaired) electrons. The van der Waals surface area contributed by atoms with E-state index in [2.05, 4.69) is 229 Å². The molecule has 280 valence electrons. The summed E-state index contributed by atoms with van der Waals surface area (Å²) in [5, 5.41) is 11.9. The molecule has 2 heteroatoms. The van der Waals surface area contributed by atoms with Crippen molar-refractivity contribution in [1.82, 2.24) is 0 Å². The molecule has 0 unspecified atom stereocenters. The summed E-state index contributed by atoms with van der Waals surface area (Å²) in [6, 6.07) is 81.4. The maximum atomic E-state index is 6.67. The third kappa shape index (κ3) is 5.65. The van der Waals surface area contributed by atoms with E-state index in [9.17, 15) is 0 Å². The van der Waals surface area contributed by atoms with E-state index in [1.165, 1.54) is 71.1 Å². The second-order valence-electron chi connectivity index (χ2n) is 15.7. The molecular formula is C58H37NO. The zero-order valence-electron chi connectivity index (χ0n) is 32.7. The number of benzene rings is 11. The normalized spacial score (nSPS) is 11.7. The van der Waals surface area contributed by atoms with E-state index in [4.69, 9.17) is 4.42 Å². The molecule has 0 bridgehead atoms. The monoisotopic (exact) mass is 763 g/mol. The summed E-state index contributed by atoms with van der Waals surface area (Å²) in [6.45, 7) is 0. The minimum absolute atomic E-state index is 0.861. The minimum Gasteiger partial charge on any atom is -0.456 e. The first kappa shape index (κ1) is 34.1. The highest BCUT2D eigenvalue weighted by atomic mass is 16.3. The molecule has 0 saturated carbocycles. The van der Waals surface area contributed by atoms with E-state index < -0.39 is 0 Å². The first-order valence-electron chi connectivity index (χ1n) is 20.6. The van der Waals surface area contributed by atoms with Crippen molar-refractivity contribution in [2.75, 3.05) is 4.90 Å². The lowest BCUT2D eigenvalue weighted by Gasteiger charge is -2.28. The van der Waals surface area contributed by atoms with Crippen LogP contribution in [0.25, 0.3) is 98.4 Å². The Hall–Kier alpha value is -7.94. The molecule has 2 nitrogen and oxygen atoms in total. The lowest BCUT2D eigenvalue weighted by atomic mass is 9.90. The standard InChI is InChI=1S/C58H37NO/c1-2-13-38(14-3-1)39-25-27-40(28-26-39)41-29-31-46(32-30-41)59(55-23-12-24-56-58(55)54-34-42-15-4-5-16-43(42)36-57(54)60-56)47-33-44-17-6-9-20-49(44)53(37-47)52-35-45-18-7-8-19-48(45)50-21-10-11-22-51(50)52/h1-37H. The SMILES string of the molecule is c1ccc(-c2ccc(-c3ccc(N(c4cc(-c5cc6ccccc6c6ccccc56)c5ccccc5c4)c4cccc5oc6cc7ccccc7cc6c45)cc3)cc2)cc1. The molecule has 0 amide bonds. The van der Waals surface area contributed by atoms with Crippen LogP contribution in [0.5, 0.6) is 0 Å². The van der Waals surface area contributed by atoms with Crippen molar-refractivity contribution in [3.05, 3.63) is 224 Å².